The Bertz CT molecular complexity index is 763. The molecule has 0 aliphatic carbocycles. The fraction of sp³-hybridized carbons (Fsp3) is 0.444. The smallest absolute Gasteiger partial charge is 0.231 e. The molecule has 2 aromatic heterocycles. The minimum absolute atomic E-state index is 0.0916. The van der Waals surface area contributed by atoms with Crippen molar-refractivity contribution in [3.05, 3.63) is 41.5 Å². The van der Waals surface area contributed by atoms with Gasteiger partial charge in [0.2, 0.25) is 5.91 Å². The second-order valence-corrected chi connectivity index (χ2v) is 6.46. The summed E-state index contributed by atoms with van der Waals surface area (Å²) in [5.41, 5.74) is 7.27. The Labute approximate surface area is 147 Å². The summed E-state index contributed by atoms with van der Waals surface area (Å²) in [6, 6.07) is 7.85. The van der Waals surface area contributed by atoms with Crippen molar-refractivity contribution < 1.29 is 4.79 Å². The van der Waals surface area contributed by atoms with E-state index in [1.54, 1.807) is 0 Å². The van der Waals surface area contributed by atoms with Crippen LogP contribution >= 0.6 is 0 Å². The topological polar surface area (TPSA) is 97.0 Å². The van der Waals surface area contributed by atoms with Gasteiger partial charge in [0.05, 0.1) is 18.3 Å². The Morgan fingerprint density at radius 3 is 2.84 bits per heavy atom. The largest absolute Gasteiger partial charge is 0.369 e. The SMILES string of the molecule is Cc1cccc(Nc2cc(C3CCCCN3CC(N)=O)nc(C)n2)n1. The first kappa shape index (κ1) is 17.3. The summed E-state index contributed by atoms with van der Waals surface area (Å²) in [6.07, 6.45) is 3.16. The first-order valence-corrected chi connectivity index (χ1v) is 8.60. The normalized spacial score (nSPS) is 18.1. The van der Waals surface area contributed by atoms with Gasteiger partial charge in [0.25, 0.3) is 0 Å². The Morgan fingerprint density at radius 1 is 1.24 bits per heavy atom. The van der Waals surface area contributed by atoms with E-state index in [-0.39, 0.29) is 18.5 Å². The van der Waals surface area contributed by atoms with Crippen LogP contribution < -0.4 is 11.1 Å². The molecule has 7 nitrogen and oxygen atoms in total. The third-order valence-corrected chi connectivity index (χ3v) is 4.32. The molecule has 25 heavy (non-hydrogen) atoms. The Kier molecular flexibility index (Phi) is 5.23. The Balaban J connectivity index is 1.86. The van der Waals surface area contributed by atoms with Crippen molar-refractivity contribution in [3.63, 3.8) is 0 Å². The van der Waals surface area contributed by atoms with E-state index in [2.05, 4.69) is 25.2 Å². The van der Waals surface area contributed by atoms with Crippen LogP contribution in [0.2, 0.25) is 0 Å². The van der Waals surface area contributed by atoms with E-state index in [4.69, 9.17) is 5.73 Å². The lowest BCUT2D eigenvalue weighted by Crippen LogP contribution is -2.40. The summed E-state index contributed by atoms with van der Waals surface area (Å²) in [4.78, 5) is 27.0. The molecule has 1 atom stereocenters. The van der Waals surface area contributed by atoms with Gasteiger partial charge in [-0.15, -0.1) is 0 Å². The fourth-order valence-electron chi connectivity index (χ4n) is 3.28. The second-order valence-electron chi connectivity index (χ2n) is 6.46. The van der Waals surface area contributed by atoms with Crippen LogP contribution in [0.5, 0.6) is 0 Å². The average molecular weight is 340 g/mol. The number of aromatic nitrogens is 3. The number of hydrogen-bond acceptors (Lipinski definition) is 6. The molecule has 7 heteroatoms. The highest BCUT2D eigenvalue weighted by molar-refractivity contribution is 5.76. The highest BCUT2D eigenvalue weighted by Crippen LogP contribution is 2.30. The number of nitrogens with two attached hydrogens (primary N) is 1. The molecule has 0 aromatic carbocycles. The number of amides is 1. The van der Waals surface area contributed by atoms with E-state index in [0.29, 0.717) is 11.6 Å². The molecule has 1 saturated heterocycles. The zero-order chi connectivity index (χ0) is 17.8. The van der Waals surface area contributed by atoms with E-state index in [1.807, 2.05) is 38.1 Å². The maximum absolute atomic E-state index is 11.4. The number of nitrogens with zero attached hydrogens (tertiary/aromatic N) is 4. The number of rotatable bonds is 5. The summed E-state index contributed by atoms with van der Waals surface area (Å²) in [5.74, 6) is 1.85. The summed E-state index contributed by atoms with van der Waals surface area (Å²) in [7, 11) is 0. The number of anilines is 2. The number of hydrogen-bond donors (Lipinski definition) is 2. The Hall–Kier alpha value is -2.54. The molecule has 3 rings (SSSR count). The summed E-state index contributed by atoms with van der Waals surface area (Å²) in [5, 5.41) is 3.25. The molecular weight excluding hydrogens is 316 g/mol. The lowest BCUT2D eigenvalue weighted by atomic mass is 9.99. The van der Waals surface area contributed by atoms with Crippen LogP contribution in [0.15, 0.2) is 24.3 Å². The summed E-state index contributed by atoms with van der Waals surface area (Å²) >= 11 is 0. The van der Waals surface area contributed by atoms with Crippen LogP contribution in [0.25, 0.3) is 0 Å². The van der Waals surface area contributed by atoms with Crippen molar-refractivity contribution in [2.75, 3.05) is 18.4 Å². The zero-order valence-electron chi connectivity index (χ0n) is 14.7. The minimum Gasteiger partial charge on any atom is -0.369 e. The first-order chi connectivity index (χ1) is 12.0. The quantitative estimate of drug-likeness (QED) is 0.866. The number of carbonyl (C=O) groups is 1. The number of nitrogens with one attached hydrogen (secondary N) is 1. The molecule has 132 valence electrons. The third-order valence-electron chi connectivity index (χ3n) is 4.32. The van der Waals surface area contributed by atoms with Crippen LogP contribution in [0.3, 0.4) is 0 Å². The van der Waals surface area contributed by atoms with Crippen molar-refractivity contribution in [1.82, 2.24) is 19.9 Å². The molecule has 1 aliphatic rings. The van der Waals surface area contributed by atoms with E-state index < -0.39 is 0 Å². The molecule has 0 spiro atoms. The molecule has 1 amide bonds. The van der Waals surface area contributed by atoms with Gasteiger partial charge in [-0.25, -0.2) is 15.0 Å². The standard InChI is InChI=1S/C18H24N6O/c1-12-6-5-8-17(20-12)23-18-10-14(21-13(2)22-18)15-7-3-4-9-24(15)11-16(19)25/h5-6,8,10,15H,3-4,7,9,11H2,1-2H3,(H2,19,25)(H,20,21,22,23). The van der Waals surface area contributed by atoms with Crippen LogP contribution in [-0.2, 0) is 4.79 Å². The average Bonchev–Trinajstić information content (AvgIpc) is 2.54. The van der Waals surface area contributed by atoms with Crippen molar-refractivity contribution in [2.45, 2.75) is 39.2 Å². The van der Waals surface area contributed by atoms with Crippen LogP contribution in [0.1, 0.15) is 42.5 Å². The van der Waals surface area contributed by atoms with Gasteiger partial charge >= 0.3 is 0 Å². The number of aryl methyl sites for hydroxylation is 2. The number of likely N-dealkylation sites (tertiary alicyclic amines) is 1. The molecule has 1 aliphatic heterocycles. The van der Waals surface area contributed by atoms with Crippen LogP contribution in [-0.4, -0.2) is 38.8 Å². The van der Waals surface area contributed by atoms with Crippen molar-refractivity contribution in [2.24, 2.45) is 5.73 Å². The molecule has 3 heterocycles. The number of pyridine rings is 1. The van der Waals surface area contributed by atoms with Gasteiger partial charge in [0.15, 0.2) is 0 Å². The van der Waals surface area contributed by atoms with Crippen molar-refractivity contribution in [3.8, 4) is 0 Å². The molecule has 0 saturated carbocycles. The monoisotopic (exact) mass is 340 g/mol. The van der Waals surface area contributed by atoms with Gasteiger partial charge < -0.3 is 11.1 Å². The maximum atomic E-state index is 11.4. The molecule has 0 bridgehead atoms. The summed E-state index contributed by atoms with van der Waals surface area (Å²) < 4.78 is 0. The third kappa shape index (κ3) is 4.51. The van der Waals surface area contributed by atoms with E-state index in [9.17, 15) is 4.79 Å². The number of carbonyl (C=O) groups excluding carboxylic acids is 1. The van der Waals surface area contributed by atoms with Crippen molar-refractivity contribution >= 4 is 17.5 Å². The lowest BCUT2D eigenvalue weighted by molar-refractivity contribution is -0.120. The van der Waals surface area contributed by atoms with Crippen LogP contribution in [0.4, 0.5) is 11.6 Å². The second kappa shape index (κ2) is 7.57. The number of piperidine rings is 1. The molecule has 1 fully saturated rings. The summed E-state index contributed by atoms with van der Waals surface area (Å²) in [6.45, 7) is 4.94. The van der Waals surface area contributed by atoms with Gasteiger partial charge in [-0.2, -0.15) is 0 Å². The minimum atomic E-state index is -0.306. The van der Waals surface area contributed by atoms with Gasteiger partial charge in [-0.1, -0.05) is 12.5 Å². The number of primary amides is 1. The van der Waals surface area contributed by atoms with E-state index >= 15 is 0 Å². The van der Waals surface area contributed by atoms with E-state index in [1.165, 1.54) is 0 Å². The predicted molar refractivity (Wildman–Crippen MR) is 96.4 cm³/mol. The maximum Gasteiger partial charge on any atom is 0.231 e. The Morgan fingerprint density at radius 2 is 2.08 bits per heavy atom. The van der Waals surface area contributed by atoms with Gasteiger partial charge in [-0.3, -0.25) is 9.69 Å². The van der Waals surface area contributed by atoms with Gasteiger partial charge in [-0.05, 0) is 45.4 Å². The van der Waals surface area contributed by atoms with Gasteiger partial charge in [0.1, 0.15) is 17.5 Å². The van der Waals surface area contributed by atoms with Gasteiger partial charge in [0, 0.05) is 11.8 Å². The molecule has 2 aromatic rings. The lowest BCUT2D eigenvalue weighted by Gasteiger charge is -2.34. The molecule has 3 N–H and O–H groups in total. The van der Waals surface area contributed by atoms with Crippen LogP contribution in [0, 0.1) is 13.8 Å². The molecular formula is C18H24N6O. The molecule has 0 radical (unpaired) electrons. The highest BCUT2D eigenvalue weighted by Gasteiger charge is 2.26. The zero-order valence-corrected chi connectivity index (χ0v) is 14.7. The predicted octanol–water partition coefficient (Wildman–Crippen LogP) is 2.24. The highest BCUT2D eigenvalue weighted by atomic mass is 16.1. The van der Waals surface area contributed by atoms with E-state index in [0.717, 1.165) is 43.0 Å². The first-order valence-electron chi connectivity index (χ1n) is 8.60. The van der Waals surface area contributed by atoms with Crippen molar-refractivity contribution in [1.29, 1.82) is 0 Å². The fourth-order valence-corrected chi connectivity index (χ4v) is 3.28. The molecule has 1 unspecified atom stereocenters.